The highest BCUT2D eigenvalue weighted by molar-refractivity contribution is 7.98. The maximum atomic E-state index is 13.5. The molecule has 0 aliphatic heterocycles. The lowest BCUT2D eigenvalue weighted by Crippen LogP contribution is -2.25. The second kappa shape index (κ2) is 10.3. The number of amides is 1. The first-order valence-electron chi connectivity index (χ1n) is 8.97. The predicted molar refractivity (Wildman–Crippen MR) is 103 cm³/mol. The minimum atomic E-state index is -0.255. The van der Waals surface area contributed by atoms with Gasteiger partial charge in [-0.05, 0) is 36.6 Å². The molecule has 0 spiro atoms. The smallest absolute Gasteiger partial charge is 0.220 e. The Morgan fingerprint density at radius 2 is 2.04 bits per heavy atom. The second-order valence-corrected chi connectivity index (χ2v) is 7.43. The van der Waals surface area contributed by atoms with Gasteiger partial charge in [0.2, 0.25) is 5.91 Å². The SMILES string of the molecule is CSc1nnc(CCCNC(=O)CCc2ccccc2F)n1CC(C)C. The summed E-state index contributed by atoms with van der Waals surface area (Å²) in [4.78, 5) is 11.9. The van der Waals surface area contributed by atoms with Gasteiger partial charge in [0.15, 0.2) is 5.16 Å². The average Bonchev–Trinajstić information content (AvgIpc) is 2.99. The van der Waals surface area contributed by atoms with E-state index in [1.54, 1.807) is 30.0 Å². The first-order chi connectivity index (χ1) is 12.5. The van der Waals surface area contributed by atoms with Crippen LogP contribution in [0, 0.1) is 11.7 Å². The summed E-state index contributed by atoms with van der Waals surface area (Å²) in [5.74, 6) is 1.17. The van der Waals surface area contributed by atoms with E-state index < -0.39 is 0 Å². The maximum absolute atomic E-state index is 13.5. The Kier molecular flexibility index (Phi) is 8.09. The zero-order chi connectivity index (χ0) is 18.9. The minimum Gasteiger partial charge on any atom is -0.356 e. The molecule has 0 atom stereocenters. The molecule has 0 aliphatic rings. The third-order valence-corrected chi connectivity index (χ3v) is 4.67. The zero-order valence-corrected chi connectivity index (χ0v) is 16.5. The summed E-state index contributed by atoms with van der Waals surface area (Å²) in [7, 11) is 0. The van der Waals surface area contributed by atoms with Crippen LogP contribution in [0.25, 0.3) is 0 Å². The van der Waals surface area contributed by atoms with Crippen LogP contribution in [-0.4, -0.2) is 33.5 Å². The summed E-state index contributed by atoms with van der Waals surface area (Å²) in [6, 6.07) is 6.57. The molecule has 1 heterocycles. The third kappa shape index (κ3) is 6.12. The van der Waals surface area contributed by atoms with Gasteiger partial charge in [0.25, 0.3) is 0 Å². The number of thioether (sulfide) groups is 1. The lowest BCUT2D eigenvalue weighted by atomic mass is 10.1. The highest BCUT2D eigenvalue weighted by atomic mass is 32.2. The highest BCUT2D eigenvalue weighted by Crippen LogP contribution is 2.16. The molecule has 0 fully saturated rings. The molecule has 26 heavy (non-hydrogen) atoms. The largest absolute Gasteiger partial charge is 0.356 e. The standard InChI is InChI=1S/C19H27FN4OS/c1-14(2)13-24-17(22-23-19(24)26-3)9-6-12-21-18(25)11-10-15-7-4-5-8-16(15)20/h4-5,7-8,14H,6,9-13H2,1-3H3,(H,21,25). The van der Waals surface area contributed by atoms with Crippen molar-refractivity contribution in [3.63, 3.8) is 0 Å². The molecular formula is C19H27FN4OS. The maximum Gasteiger partial charge on any atom is 0.220 e. The fourth-order valence-corrected chi connectivity index (χ4v) is 3.24. The summed E-state index contributed by atoms with van der Waals surface area (Å²) >= 11 is 1.60. The molecule has 1 aromatic carbocycles. The van der Waals surface area contributed by atoms with E-state index in [0.717, 1.165) is 30.4 Å². The van der Waals surface area contributed by atoms with Gasteiger partial charge in [-0.1, -0.05) is 43.8 Å². The van der Waals surface area contributed by atoms with Gasteiger partial charge in [-0.15, -0.1) is 10.2 Å². The number of hydrogen-bond donors (Lipinski definition) is 1. The highest BCUT2D eigenvalue weighted by Gasteiger charge is 2.12. The van der Waals surface area contributed by atoms with Crippen LogP contribution in [0.5, 0.6) is 0 Å². The number of aryl methyl sites for hydroxylation is 2. The molecule has 1 amide bonds. The van der Waals surface area contributed by atoms with Crippen molar-refractivity contribution < 1.29 is 9.18 Å². The van der Waals surface area contributed by atoms with Gasteiger partial charge >= 0.3 is 0 Å². The molecule has 2 aromatic rings. The fraction of sp³-hybridized carbons (Fsp3) is 0.526. The van der Waals surface area contributed by atoms with Crippen LogP contribution in [0.15, 0.2) is 29.4 Å². The molecule has 2 rings (SSSR count). The van der Waals surface area contributed by atoms with E-state index in [1.165, 1.54) is 6.07 Å². The number of rotatable bonds is 10. The van der Waals surface area contributed by atoms with Crippen LogP contribution in [0.3, 0.4) is 0 Å². The Labute approximate surface area is 158 Å². The first kappa shape index (κ1) is 20.4. The molecule has 1 N–H and O–H groups in total. The number of halogens is 1. The van der Waals surface area contributed by atoms with E-state index in [1.807, 2.05) is 6.26 Å². The average molecular weight is 379 g/mol. The Balaban J connectivity index is 1.74. The van der Waals surface area contributed by atoms with E-state index in [9.17, 15) is 9.18 Å². The Bertz CT molecular complexity index is 717. The number of nitrogens with zero attached hydrogens (tertiary/aromatic N) is 3. The quantitative estimate of drug-likeness (QED) is 0.508. The van der Waals surface area contributed by atoms with Crippen molar-refractivity contribution in [2.24, 2.45) is 5.92 Å². The number of benzene rings is 1. The summed E-state index contributed by atoms with van der Waals surface area (Å²) < 4.78 is 15.7. The molecule has 0 unspecified atom stereocenters. The number of carbonyl (C=O) groups excluding carboxylic acids is 1. The van der Waals surface area contributed by atoms with Gasteiger partial charge in [-0.25, -0.2) is 4.39 Å². The van der Waals surface area contributed by atoms with Crippen LogP contribution in [-0.2, 0) is 24.2 Å². The Morgan fingerprint density at radius 3 is 2.73 bits per heavy atom. The van der Waals surface area contributed by atoms with Crippen molar-refractivity contribution in [1.29, 1.82) is 0 Å². The van der Waals surface area contributed by atoms with E-state index in [2.05, 4.69) is 33.9 Å². The first-order valence-corrected chi connectivity index (χ1v) is 10.2. The van der Waals surface area contributed by atoms with Gasteiger partial charge in [-0.2, -0.15) is 0 Å². The van der Waals surface area contributed by atoms with Gasteiger partial charge < -0.3 is 9.88 Å². The molecule has 142 valence electrons. The Hall–Kier alpha value is -1.89. The summed E-state index contributed by atoms with van der Waals surface area (Å²) in [5.41, 5.74) is 0.578. The van der Waals surface area contributed by atoms with Crippen molar-refractivity contribution >= 4 is 17.7 Å². The van der Waals surface area contributed by atoms with Gasteiger partial charge in [0.1, 0.15) is 11.6 Å². The van der Waals surface area contributed by atoms with Crippen molar-refractivity contribution in [3.05, 3.63) is 41.5 Å². The third-order valence-electron chi connectivity index (χ3n) is 4.00. The molecule has 1 aromatic heterocycles. The van der Waals surface area contributed by atoms with E-state index in [4.69, 9.17) is 0 Å². The summed E-state index contributed by atoms with van der Waals surface area (Å²) in [5, 5.41) is 12.3. The summed E-state index contributed by atoms with van der Waals surface area (Å²) in [6.07, 6.45) is 4.28. The van der Waals surface area contributed by atoms with Crippen LogP contribution in [0.2, 0.25) is 0 Å². The van der Waals surface area contributed by atoms with Crippen molar-refractivity contribution in [3.8, 4) is 0 Å². The van der Waals surface area contributed by atoms with Gasteiger partial charge in [-0.3, -0.25) is 4.79 Å². The molecule has 0 saturated heterocycles. The van der Waals surface area contributed by atoms with Crippen LogP contribution in [0.1, 0.15) is 38.1 Å². The number of aromatic nitrogens is 3. The molecule has 0 bridgehead atoms. The molecule has 0 radical (unpaired) electrons. The van der Waals surface area contributed by atoms with Crippen LogP contribution in [0.4, 0.5) is 4.39 Å². The second-order valence-electron chi connectivity index (χ2n) is 6.65. The van der Waals surface area contributed by atoms with Crippen molar-refractivity contribution in [1.82, 2.24) is 20.1 Å². The molecular weight excluding hydrogens is 351 g/mol. The van der Waals surface area contributed by atoms with E-state index >= 15 is 0 Å². The van der Waals surface area contributed by atoms with Crippen LogP contribution < -0.4 is 5.32 Å². The topological polar surface area (TPSA) is 59.8 Å². The fourth-order valence-electron chi connectivity index (χ4n) is 2.72. The molecule has 0 aliphatic carbocycles. The van der Waals surface area contributed by atoms with Gasteiger partial charge in [0.05, 0.1) is 0 Å². The lowest BCUT2D eigenvalue weighted by molar-refractivity contribution is -0.121. The Morgan fingerprint density at radius 1 is 1.27 bits per heavy atom. The van der Waals surface area contributed by atoms with E-state index in [0.29, 0.717) is 30.9 Å². The van der Waals surface area contributed by atoms with Gasteiger partial charge in [0, 0.05) is 25.9 Å². The molecule has 7 heteroatoms. The number of carbonyl (C=O) groups is 1. The lowest BCUT2D eigenvalue weighted by Gasteiger charge is -2.11. The van der Waals surface area contributed by atoms with Crippen LogP contribution >= 0.6 is 11.8 Å². The van der Waals surface area contributed by atoms with E-state index in [-0.39, 0.29) is 11.7 Å². The van der Waals surface area contributed by atoms with Crippen molar-refractivity contribution in [2.45, 2.75) is 51.2 Å². The van der Waals surface area contributed by atoms with Crippen molar-refractivity contribution in [2.75, 3.05) is 12.8 Å². The molecule has 0 saturated carbocycles. The number of hydrogen-bond acceptors (Lipinski definition) is 4. The normalized spacial score (nSPS) is 11.1. The predicted octanol–water partition coefficient (Wildman–Crippen LogP) is 3.48. The zero-order valence-electron chi connectivity index (χ0n) is 15.7. The minimum absolute atomic E-state index is 0.0540. The summed E-state index contributed by atoms with van der Waals surface area (Å²) in [6.45, 7) is 5.82. The molecule has 5 nitrogen and oxygen atoms in total. The number of nitrogens with one attached hydrogen (secondary N) is 1. The monoisotopic (exact) mass is 378 g/mol.